The molecule has 0 spiro atoms. The SMILES string of the molecule is CC1CCC(Cn2c(N)nc3ccc(C#N)cc32)C1. The normalized spacial score (nSPS) is 22.7. The van der Waals surface area contributed by atoms with E-state index in [-0.39, 0.29) is 0 Å². The maximum absolute atomic E-state index is 9.00. The first-order valence-electron chi connectivity index (χ1n) is 6.83. The summed E-state index contributed by atoms with van der Waals surface area (Å²) in [6.45, 7) is 3.23. The van der Waals surface area contributed by atoms with E-state index in [0.717, 1.165) is 23.5 Å². The van der Waals surface area contributed by atoms with Crippen LogP contribution in [-0.2, 0) is 6.54 Å². The maximum atomic E-state index is 9.00. The molecule has 1 fully saturated rings. The van der Waals surface area contributed by atoms with Crippen LogP contribution in [0.1, 0.15) is 31.7 Å². The van der Waals surface area contributed by atoms with Crippen molar-refractivity contribution in [3.63, 3.8) is 0 Å². The van der Waals surface area contributed by atoms with Gasteiger partial charge in [0.1, 0.15) is 0 Å². The van der Waals surface area contributed by atoms with E-state index < -0.39 is 0 Å². The highest BCUT2D eigenvalue weighted by molar-refractivity contribution is 5.79. The van der Waals surface area contributed by atoms with E-state index in [4.69, 9.17) is 11.0 Å². The molecule has 98 valence electrons. The smallest absolute Gasteiger partial charge is 0.201 e. The van der Waals surface area contributed by atoms with Gasteiger partial charge in [0.15, 0.2) is 0 Å². The van der Waals surface area contributed by atoms with Gasteiger partial charge in [0.25, 0.3) is 0 Å². The second-order valence-electron chi connectivity index (χ2n) is 5.68. The van der Waals surface area contributed by atoms with Crippen LogP contribution >= 0.6 is 0 Å². The van der Waals surface area contributed by atoms with E-state index in [9.17, 15) is 0 Å². The first-order chi connectivity index (χ1) is 9.17. The summed E-state index contributed by atoms with van der Waals surface area (Å²) >= 11 is 0. The Morgan fingerprint density at radius 1 is 1.47 bits per heavy atom. The van der Waals surface area contributed by atoms with Gasteiger partial charge < -0.3 is 10.3 Å². The van der Waals surface area contributed by atoms with E-state index in [0.29, 0.717) is 17.4 Å². The molecule has 19 heavy (non-hydrogen) atoms. The lowest BCUT2D eigenvalue weighted by Gasteiger charge is -2.12. The molecule has 1 aliphatic carbocycles. The molecule has 2 unspecified atom stereocenters. The van der Waals surface area contributed by atoms with Crippen molar-refractivity contribution in [3.05, 3.63) is 23.8 Å². The highest BCUT2D eigenvalue weighted by atomic mass is 15.2. The average molecular weight is 254 g/mol. The van der Waals surface area contributed by atoms with Gasteiger partial charge in [0.05, 0.1) is 22.7 Å². The van der Waals surface area contributed by atoms with Crippen LogP contribution in [0.3, 0.4) is 0 Å². The minimum Gasteiger partial charge on any atom is -0.369 e. The minimum absolute atomic E-state index is 0.560. The third-order valence-corrected chi connectivity index (χ3v) is 4.15. The van der Waals surface area contributed by atoms with E-state index in [1.165, 1.54) is 19.3 Å². The quantitative estimate of drug-likeness (QED) is 0.896. The first kappa shape index (κ1) is 12.0. The molecule has 1 aromatic heterocycles. The van der Waals surface area contributed by atoms with Crippen molar-refractivity contribution in [2.24, 2.45) is 11.8 Å². The molecule has 1 aromatic carbocycles. The van der Waals surface area contributed by atoms with Crippen LogP contribution in [0.15, 0.2) is 18.2 Å². The number of anilines is 1. The number of nitrogen functional groups attached to an aromatic ring is 1. The summed E-state index contributed by atoms with van der Waals surface area (Å²) in [4.78, 5) is 4.38. The van der Waals surface area contributed by atoms with E-state index in [2.05, 4.69) is 22.5 Å². The fraction of sp³-hybridized carbons (Fsp3) is 0.467. The molecular weight excluding hydrogens is 236 g/mol. The van der Waals surface area contributed by atoms with E-state index >= 15 is 0 Å². The zero-order valence-electron chi connectivity index (χ0n) is 11.1. The van der Waals surface area contributed by atoms with Crippen LogP contribution in [0.4, 0.5) is 5.95 Å². The van der Waals surface area contributed by atoms with Crippen LogP contribution in [0.25, 0.3) is 11.0 Å². The van der Waals surface area contributed by atoms with Gasteiger partial charge in [0.2, 0.25) is 5.95 Å². The van der Waals surface area contributed by atoms with Gasteiger partial charge in [-0.05, 0) is 42.9 Å². The number of aromatic nitrogens is 2. The summed E-state index contributed by atoms with van der Waals surface area (Å²) in [7, 11) is 0. The van der Waals surface area contributed by atoms with Gasteiger partial charge in [-0.1, -0.05) is 13.3 Å². The molecule has 0 amide bonds. The lowest BCUT2D eigenvalue weighted by atomic mass is 10.1. The van der Waals surface area contributed by atoms with E-state index in [1.54, 1.807) is 6.07 Å². The predicted molar refractivity (Wildman–Crippen MR) is 75.4 cm³/mol. The summed E-state index contributed by atoms with van der Waals surface area (Å²) in [5.74, 6) is 2.06. The number of hydrogen-bond donors (Lipinski definition) is 1. The Labute approximate surface area is 112 Å². The largest absolute Gasteiger partial charge is 0.369 e. The standard InChI is InChI=1S/C15H18N4/c1-10-2-3-12(6-10)9-19-14-7-11(8-16)4-5-13(14)18-15(19)17/h4-5,7,10,12H,2-3,6,9H2,1H3,(H2,17,18). The molecule has 2 atom stereocenters. The van der Waals surface area contributed by atoms with Crippen molar-refractivity contribution >= 4 is 17.0 Å². The van der Waals surface area contributed by atoms with Crippen molar-refractivity contribution in [3.8, 4) is 6.07 Å². The molecule has 1 saturated carbocycles. The van der Waals surface area contributed by atoms with Crippen molar-refractivity contribution in [1.82, 2.24) is 9.55 Å². The fourth-order valence-corrected chi connectivity index (χ4v) is 3.15. The maximum Gasteiger partial charge on any atom is 0.201 e. The van der Waals surface area contributed by atoms with Gasteiger partial charge in [-0.25, -0.2) is 4.98 Å². The van der Waals surface area contributed by atoms with Crippen LogP contribution in [0, 0.1) is 23.2 Å². The van der Waals surface area contributed by atoms with Crippen molar-refractivity contribution < 1.29 is 0 Å². The van der Waals surface area contributed by atoms with Gasteiger partial charge in [-0.3, -0.25) is 0 Å². The number of nitrogens with zero attached hydrogens (tertiary/aromatic N) is 3. The average Bonchev–Trinajstić information content (AvgIpc) is 2.94. The zero-order chi connectivity index (χ0) is 13.4. The molecule has 4 heteroatoms. The number of rotatable bonds is 2. The first-order valence-corrected chi connectivity index (χ1v) is 6.83. The Kier molecular flexibility index (Phi) is 2.90. The molecule has 0 bridgehead atoms. The summed E-state index contributed by atoms with van der Waals surface area (Å²) in [5, 5.41) is 9.00. The number of imidazole rings is 1. The molecule has 0 radical (unpaired) electrons. The van der Waals surface area contributed by atoms with Crippen LogP contribution in [-0.4, -0.2) is 9.55 Å². The number of nitrogens with two attached hydrogens (primary N) is 1. The molecule has 0 saturated heterocycles. The van der Waals surface area contributed by atoms with Gasteiger partial charge >= 0.3 is 0 Å². The highest BCUT2D eigenvalue weighted by Gasteiger charge is 2.23. The molecule has 4 nitrogen and oxygen atoms in total. The van der Waals surface area contributed by atoms with Crippen molar-refractivity contribution in [1.29, 1.82) is 5.26 Å². The highest BCUT2D eigenvalue weighted by Crippen LogP contribution is 2.33. The topological polar surface area (TPSA) is 67.6 Å². The van der Waals surface area contributed by atoms with Gasteiger partial charge in [-0.15, -0.1) is 0 Å². The van der Waals surface area contributed by atoms with Crippen molar-refractivity contribution in [2.45, 2.75) is 32.7 Å². The zero-order valence-corrected chi connectivity index (χ0v) is 11.1. The van der Waals surface area contributed by atoms with Crippen LogP contribution in [0.2, 0.25) is 0 Å². The molecule has 1 aliphatic rings. The fourth-order valence-electron chi connectivity index (χ4n) is 3.15. The molecule has 0 aliphatic heterocycles. The Bertz CT molecular complexity index is 650. The molecule has 3 rings (SSSR count). The minimum atomic E-state index is 0.560. The summed E-state index contributed by atoms with van der Waals surface area (Å²) in [6, 6.07) is 7.72. The third kappa shape index (κ3) is 2.17. The van der Waals surface area contributed by atoms with E-state index in [1.807, 2.05) is 12.1 Å². The Morgan fingerprint density at radius 3 is 3.00 bits per heavy atom. The molecule has 1 heterocycles. The lowest BCUT2D eigenvalue weighted by Crippen LogP contribution is -2.10. The second-order valence-corrected chi connectivity index (χ2v) is 5.68. The number of fused-ring (bicyclic) bond motifs is 1. The van der Waals surface area contributed by atoms with Crippen LogP contribution < -0.4 is 5.73 Å². The Morgan fingerprint density at radius 2 is 2.32 bits per heavy atom. The second kappa shape index (κ2) is 4.58. The molecule has 2 N–H and O–H groups in total. The molecular formula is C15H18N4. The lowest BCUT2D eigenvalue weighted by molar-refractivity contribution is 0.450. The third-order valence-electron chi connectivity index (χ3n) is 4.15. The Balaban J connectivity index is 1.97. The van der Waals surface area contributed by atoms with Gasteiger partial charge in [-0.2, -0.15) is 5.26 Å². The van der Waals surface area contributed by atoms with Crippen LogP contribution in [0.5, 0.6) is 0 Å². The van der Waals surface area contributed by atoms with Gasteiger partial charge in [0, 0.05) is 6.54 Å². The summed E-state index contributed by atoms with van der Waals surface area (Å²) in [6.07, 6.45) is 3.83. The van der Waals surface area contributed by atoms with Crippen molar-refractivity contribution in [2.75, 3.05) is 5.73 Å². The number of nitriles is 1. The predicted octanol–water partition coefficient (Wildman–Crippen LogP) is 2.93. The Hall–Kier alpha value is -2.02. The summed E-state index contributed by atoms with van der Waals surface area (Å²) < 4.78 is 2.07. The summed E-state index contributed by atoms with van der Waals surface area (Å²) in [5.41, 5.74) is 8.55. The number of hydrogen-bond acceptors (Lipinski definition) is 3. The number of benzene rings is 1. The molecule has 2 aromatic rings. The monoisotopic (exact) mass is 254 g/mol.